The lowest BCUT2D eigenvalue weighted by molar-refractivity contribution is -0.393. The number of nitrogens with zero attached hydrogens (tertiary/aromatic N) is 3. The minimum absolute atomic E-state index is 0.0170. The van der Waals surface area contributed by atoms with Crippen molar-refractivity contribution in [3.05, 3.63) is 68.3 Å². The Labute approximate surface area is 141 Å². The lowest BCUT2D eigenvalue weighted by atomic mass is 10.2. The third kappa shape index (κ3) is 4.82. The van der Waals surface area contributed by atoms with Crippen molar-refractivity contribution in [1.82, 2.24) is 0 Å². The van der Waals surface area contributed by atoms with Crippen molar-refractivity contribution >= 4 is 29.2 Å². The molecule has 0 aliphatic heterocycles. The van der Waals surface area contributed by atoms with Crippen LogP contribution in [-0.2, 0) is 4.79 Å². The number of non-ortho nitro benzene ring substituents is 1. The standard InChI is InChI=1S/C15H12N4O6/c1-10(20)25-13-5-2-11(3-6-13)9-16-17-14-7-4-12(18(21)22)8-15(14)19(23)24/h2-9,17H,1H3/b16-9-. The molecule has 1 N–H and O–H groups in total. The highest BCUT2D eigenvalue weighted by atomic mass is 16.6. The number of hydrogen-bond acceptors (Lipinski definition) is 8. The number of hydrogen-bond donors (Lipinski definition) is 1. The Hall–Kier alpha value is -3.82. The van der Waals surface area contributed by atoms with Gasteiger partial charge >= 0.3 is 11.7 Å². The van der Waals surface area contributed by atoms with E-state index < -0.39 is 21.5 Å². The highest BCUT2D eigenvalue weighted by Gasteiger charge is 2.18. The molecule has 0 unspecified atom stereocenters. The molecule has 10 nitrogen and oxygen atoms in total. The molecule has 0 heterocycles. The predicted octanol–water partition coefficient (Wildman–Crippen LogP) is 2.87. The first-order valence-corrected chi connectivity index (χ1v) is 6.87. The second kappa shape index (κ2) is 7.64. The molecule has 0 radical (unpaired) electrons. The fraction of sp³-hybridized carbons (Fsp3) is 0.0667. The summed E-state index contributed by atoms with van der Waals surface area (Å²) in [5, 5.41) is 25.6. The lowest BCUT2D eigenvalue weighted by Gasteiger charge is -2.02. The van der Waals surface area contributed by atoms with E-state index in [1.165, 1.54) is 19.2 Å². The molecule has 25 heavy (non-hydrogen) atoms. The topological polar surface area (TPSA) is 137 Å². The first kappa shape index (κ1) is 17.5. The van der Waals surface area contributed by atoms with Gasteiger partial charge in [0.1, 0.15) is 11.4 Å². The smallest absolute Gasteiger partial charge is 0.308 e. The van der Waals surface area contributed by atoms with E-state index in [4.69, 9.17) is 4.74 Å². The van der Waals surface area contributed by atoms with Gasteiger partial charge in [-0.2, -0.15) is 5.10 Å². The number of hydrazone groups is 1. The molecular formula is C15H12N4O6. The van der Waals surface area contributed by atoms with Gasteiger partial charge in [-0.3, -0.25) is 30.4 Å². The van der Waals surface area contributed by atoms with Crippen LogP contribution in [0.3, 0.4) is 0 Å². The Morgan fingerprint density at radius 3 is 2.36 bits per heavy atom. The summed E-state index contributed by atoms with van der Waals surface area (Å²) in [6.07, 6.45) is 1.39. The molecule has 2 rings (SSSR count). The molecule has 0 amide bonds. The minimum Gasteiger partial charge on any atom is -0.427 e. The zero-order valence-corrected chi connectivity index (χ0v) is 12.9. The largest absolute Gasteiger partial charge is 0.427 e. The average Bonchev–Trinajstić information content (AvgIpc) is 2.55. The third-order valence-electron chi connectivity index (χ3n) is 2.93. The molecule has 0 spiro atoms. The number of nitro benzene ring substituents is 2. The van der Waals surface area contributed by atoms with Crippen molar-refractivity contribution in [2.45, 2.75) is 6.92 Å². The maximum Gasteiger partial charge on any atom is 0.308 e. The van der Waals surface area contributed by atoms with Gasteiger partial charge < -0.3 is 4.74 Å². The molecule has 128 valence electrons. The fourth-order valence-electron chi connectivity index (χ4n) is 1.84. The van der Waals surface area contributed by atoms with Crippen molar-refractivity contribution in [1.29, 1.82) is 0 Å². The van der Waals surface area contributed by atoms with Crippen molar-refractivity contribution in [2.24, 2.45) is 5.10 Å². The molecule has 0 saturated carbocycles. The summed E-state index contributed by atoms with van der Waals surface area (Å²) in [6.45, 7) is 1.29. The zero-order chi connectivity index (χ0) is 18.4. The van der Waals surface area contributed by atoms with Gasteiger partial charge in [-0.05, 0) is 35.9 Å². The third-order valence-corrected chi connectivity index (χ3v) is 2.93. The second-order valence-corrected chi connectivity index (χ2v) is 4.75. The van der Waals surface area contributed by atoms with Crippen molar-refractivity contribution in [3.8, 4) is 5.75 Å². The summed E-state index contributed by atoms with van der Waals surface area (Å²) in [7, 11) is 0. The van der Waals surface area contributed by atoms with Gasteiger partial charge in [-0.15, -0.1) is 0 Å². The van der Waals surface area contributed by atoms with Gasteiger partial charge in [0.25, 0.3) is 5.69 Å². The van der Waals surface area contributed by atoms with Crippen molar-refractivity contribution in [3.63, 3.8) is 0 Å². The zero-order valence-electron chi connectivity index (χ0n) is 12.9. The van der Waals surface area contributed by atoms with Crippen LogP contribution in [0, 0.1) is 20.2 Å². The van der Waals surface area contributed by atoms with Crippen LogP contribution in [0.5, 0.6) is 5.75 Å². The Morgan fingerprint density at radius 1 is 1.12 bits per heavy atom. The number of rotatable bonds is 6. The van der Waals surface area contributed by atoms with E-state index in [1.54, 1.807) is 24.3 Å². The van der Waals surface area contributed by atoms with Crippen LogP contribution in [0.15, 0.2) is 47.6 Å². The van der Waals surface area contributed by atoms with Gasteiger partial charge in [-0.1, -0.05) is 0 Å². The molecule has 10 heteroatoms. The highest BCUT2D eigenvalue weighted by Crippen LogP contribution is 2.28. The van der Waals surface area contributed by atoms with Gasteiger partial charge in [0.15, 0.2) is 0 Å². The minimum atomic E-state index is -0.737. The summed E-state index contributed by atoms with van der Waals surface area (Å²) >= 11 is 0. The van der Waals surface area contributed by atoms with E-state index in [1.807, 2.05) is 0 Å². The lowest BCUT2D eigenvalue weighted by Crippen LogP contribution is -2.01. The predicted molar refractivity (Wildman–Crippen MR) is 88.7 cm³/mol. The van der Waals surface area contributed by atoms with E-state index in [2.05, 4.69) is 10.5 Å². The fourth-order valence-corrected chi connectivity index (χ4v) is 1.84. The Bertz CT molecular complexity index is 848. The summed E-state index contributed by atoms with van der Waals surface area (Å²) < 4.78 is 4.89. The van der Waals surface area contributed by atoms with Crippen LogP contribution in [-0.4, -0.2) is 22.0 Å². The summed E-state index contributed by atoms with van der Waals surface area (Å²) in [4.78, 5) is 31.1. The van der Waals surface area contributed by atoms with E-state index in [-0.39, 0.29) is 11.4 Å². The van der Waals surface area contributed by atoms with Crippen molar-refractivity contribution in [2.75, 3.05) is 5.43 Å². The molecule has 0 aromatic heterocycles. The summed E-state index contributed by atoms with van der Waals surface area (Å²) in [5.41, 5.74) is 2.29. The van der Waals surface area contributed by atoms with Gasteiger partial charge in [0, 0.05) is 13.0 Å². The van der Waals surface area contributed by atoms with E-state index in [0.29, 0.717) is 11.3 Å². The number of ether oxygens (including phenoxy) is 1. The SMILES string of the molecule is CC(=O)Oc1ccc(/C=N\Nc2ccc([N+](=O)[O-])cc2[N+](=O)[O-])cc1. The van der Waals surface area contributed by atoms with E-state index >= 15 is 0 Å². The average molecular weight is 344 g/mol. The van der Waals surface area contributed by atoms with Crippen LogP contribution in [0.4, 0.5) is 17.1 Å². The van der Waals surface area contributed by atoms with Crippen LogP contribution < -0.4 is 10.2 Å². The second-order valence-electron chi connectivity index (χ2n) is 4.75. The molecule has 0 aliphatic carbocycles. The molecule has 2 aromatic carbocycles. The molecule has 0 bridgehead atoms. The Morgan fingerprint density at radius 2 is 1.80 bits per heavy atom. The Balaban J connectivity index is 2.12. The van der Waals surface area contributed by atoms with Gasteiger partial charge in [-0.25, -0.2) is 0 Å². The van der Waals surface area contributed by atoms with Gasteiger partial charge in [0.05, 0.1) is 22.1 Å². The van der Waals surface area contributed by atoms with E-state index in [9.17, 15) is 25.0 Å². The molecule has 0 atom stereocenters. The first-order valence-electron chi connectivity index (χ1n) is 6.87. The normalized spacial score (nSPS) is 10.4. The van der Waals surface area contributed by atoms with Crippen LogP contribution in [0.1, 0.15) is 12.5 Å². The molecule has 0 fully saturated rings. The number of carbonyl (C=O) groups is 1. The summed E-state index contributed by atoms with van der Waals surface area (Å²) in [5.74, 6) is -0.0582. The monoisotopic (exact) mass is 344 g/mol. The molecular weight excluding hydrogens is 332 g/mol. The van der Waals surface area contributed by atoms with Crippen LogP contribution in [0.25, 0.3) is 0 Å². The molecule has 2 aromatic rings. The maximum atomic E-state index is 11.0. The van der Waals surface area contributed by atoms with Crippen LogP contribution >= 0.6 is 0 Å². The number of anilines is 1. The van der Waals surface area contributed by atoms with Crippen LogP contribution in [0.2, 0.25) is 0 Å². The quantitative estimate of drug-likeness (QED) is 0.279. The number of carbonyl (C=O) groups excluding carboxylic acids is 1. The highest BCUT2D eigenvalue weighted by molar-refractivity contribution is 5.81. The number of nitro groups is 2. The molecule has 0 saturated heterocycles. The van der Waals surface area contributed by atoms with Crippen molar-refractivity contribution < 1.29 is 19.4 Å². The number of esters is 1. The Kier molecular flexibility index (Phi) is 5.36. The number of benzene rings is 2. The first-order chi connectivity index (χ1) is 11.9. The summed E-state index contributed by atoms with van der Waals surface area (Å²) in [6, 6.07) is 9.59. The number of nitrogens with one attached hydrogen (secondary N) is 1. The maximum absolute atomic E-state index is 11.0. The van der Waals surface area contributed by atoms with E-state index in [0.717, 1.165) is 12.1 Å². The molecule has 0 aliphatic rings. The van der Waals surface area contributed by atoms with Gasteiger partial charge in [0.2, 0.25) is 0 Å².